The third kappa shape index (κ3) is 2.54. The van der Waals surface area contributed by atoms with E-state index in [2.05, 4.69) is 120 Å². The SMILES string of the molecule is c1ccc([C@]2([C@@]3(c4ccccc4)Nc4ccccc4S3)Nc3ccccc3S2)cc1. The first kappa shape index (κ1) is 18.0. The lowest BCUT2D eigenvalue weighted by atomic mass is 9.91. The van der Waals surface area contributed by atoms with E-state index in [4.69, 9.17) is 0 Å². The Morgan fingerprint density at radius 1 is 0.433 bits per heavy atom. The van der Waals surface area contributed by atoms with Crippen molar-refractivity contribution < 1.29 is 0 Å². The highest BCUT2D eigenvalue weighted by Crippen LogP contribution is 2.67. The van der Waals surface area contributed by atoms with Gasteiger partial charge in [-0.25, -0.2) is 0 Å². The van der Waals surface area contributed by atoms with Gasteiger partial charge in [0.15, 0.2) is 9.74 Å². The molecule has 0 radical (unpaired) electrons. The van der Waals surface area contributed by atoms with E-state index in [1.165, 1.54) is 32.3 Å². The summed E-state index contributed by atoms with van der Waals surface area (Å²) in [4.78, 5) is 1.69. The maximum Gasteiger partial charge on any atom is 0.151 e. The molecule has 146 valence electrons. The van der Waals surface area contributed by atoms with Crippen molar-refractivity contribution >= 4 is 34.9 Å². The molecule has 6 rings (SSSR count). The Morgan fingerprint density at radius 3 is 1.20 bits per heavy atom. The van der Waals surface area contributed by atoms with E-state index >= 15 is 0 Å². The second-order valence-electron chi connectivity index (χ2n) is 7.54. The van der Waals surface area contributed by atoms with E-state index in [1.807, 2.05) is 23.5 Å². The summed E-state index contributed by atoms with van der Waals surface area (Å²) >= 11 is 3.81. The van der Waals surface area contributed by atoms with Gasteiger partial charge in [0.05, 0.1) is 0 Å². The summed E-state index contributed by atoms with van der Waals surface area (Å²) in [6, 6.07) is 38.9. The Morgan fingerprint density at radius 2 is 0.800 bits per heavy atom. The number of benzene rings is 4. The molecule has 4 heteroatoms. The summed E-state index contributed by atoms with van der Waals surface area (Å²) in [6.07, 6.45) is 0. The van der Waals surface area contributed by atoms with Crippen LogP contribution in [-0.4, -0.2) is 0 Å². The molecule has 0 fully saturated rings. The molecule has 4 aromatic carbocycles. The van der Waals surface area contributed by atoms with Gasteiger partial charge in [0.25, 0.3) is 0 Å². The molecule has 0 amide bonds. The number of fused-ring (bicyclic) bond motifs is 2. The van der Waals surface area contributed by atoms with Gasteiger partial charge in [0, 0.05) is 21.2 Å². The van der Waals surface area contributed by atoms with Crippen LogP contribution in [-0.2, 0) is 9.74 Å². The van der Waals surface area contributed by atoms with Crippen molar-refractivity contribution in [3.05, 3.63) is 120 Å². The largest absolute Gasteiger partial charge is 0.363 e. The lowest BCUT2D eigenvalue weighted by Gasteiger charge is -2.46. The summed E-state index contributed by atoms with van der Waals surface area (Å²) in [6.45, 7) is 0. The van der Waals surface area contributed by atoms with E-state index in [9.17, 15) is 0 Å². The molecule has 0 bridgehead atoms. The molecule has 30 heavy (non-hydrogen) atoms. The van der Waals surface area contributed by atoms with Crippen molar-refractivity contribution in [1.29, 1.82) is 0 Å². The number of nitrogens with one attached hydrogen (secondary N) is 2. The highest BCUT2D eigenvalue weighted by atomic mass is 32.2. The van der Waals surface area contributed by atoms with Crippen molar-refractivity contribution in [2.75, 3.05) is 10.6 Å². The highest BCUT2D eigenvalue weighted by Gasteiger charge is 2.60. The predicted molar refractivity (Wildman–Crippen MR) is 128 cm³/mol. The van der Waals surface area contributed by atoms with Gasteiger partial charge in [-0.3, -0.25) is 0 Å². The molecule has 0 spiro atoms. The molecule has 2 aliphatic rings. The van der Waals surface area contributed by atoms with Gasteiger partial charge in [-0.2, -0.15) is 0 Å². The molecular formula is C26H20N2S2. The Hall–Kier alpha value is -2.82. The number of hydrogen-bond donors (Lipinski definition) is 2. The van der Waals surface area contributed by atoms with Gasteiger partial charge >= 0.3 is 0 Å². The van der Waals surface area contributed by atoms with Gasteiger partial charge in [0.2, 0.25) is 0 Å². The quantitative estimate of drug-likeness (QED) is 0.365. The van der Waals surface area contributed by atoms with Gasteiger partial charge < -0.3 is 10.6 Å². The zero-order valence-electron chi connectivity index (χ0n) is 16.2. The molecule has 2 heterocycles. The van der Waals surface area contributed by atoms with Crippen LogP contribution in [0.4, 0.5) is 11.4 Å². The molecule has 0 aromatic heterocycles. The molecule has 2 N–H and O–H groups in total. The fraction of sp³-hybridized carbons (Fsp3) is 0.0769. The highest BCUT2D eigenvalue weighted by molar-refractivity contribution is 8.05. The van der Waals surface area contributed by atoms with E-state index in [1.54, 1.807) is 0 Å². The third-order valence-electron chi connectivity index (χ3n) is 5.78. The van der Waals surface area contributed by atoms with E-state index < -0.39 is 9.74 Å². The maximum atomic E-state index is 3.96. The Kier molecular flexibility index (Phi) is 4.12. The molecule has 0 saturated heterocycles. The van der Waals surface area contributed by atoms with Crippen LogP contribution in [0.5, 0.6) is 0 Å². The first-order valence-corrected chi connectivity index (χ1v) is 11.7. The lowest BCUT2D eigenvalue weighted by molar-refractivity contribution is 0.555. The topological polar surface area (TPSA) is 24.1 Å². The summed E-state index contributed by atoms with van der Waals surface area (Å²) in [7, 11) is 0. The standard InChI is InChI=1S/C26H20N2S2/c1-3-11-19(12-4-1)25(27-21-15-7-9-17-23(21)29-25)26(20-13-5-2-6-14-20)28-22-16-8-10-18-24(22)30-26/h1-18,27-28H/t25-,26-/m0/s1. The molecule has 0 saturated carbocycles. The lowest BCUT2D eigenvalue weighted by Crippen LogP contribution is -2.51. The van der Waals surface area contributed by atoms with E-state index in [0.717, 1.165) is 0 Å². The van der Waals surface area contributed by atoms with Crippen LogP contribution in [0.1, 0.15) is 11.1 Å². The molecule has 0 aliphatic carbocycles. The first-order valence-electron chi connectivity index (χ1n) is 10.0. The maximum absolute atomic E-state index is 3.96. The van der Waals surface area contributed by atoms with Crippen LogP contribution in [0.3, 0.4) is 0 Å². The normalized spacial score (nSPS) is 23.9. The summed E-state index contributed by atoms with van der Waals surface area (Å²) < 4.78 is 0. The second-order valence-corrected chi connectivity index (χ2v) is 10.1. The van der Waals surface area contributed by atoms with Crippen molar-refractivity contribution in [2.45, 2.75) is 19.5 Å². The Labute approximate surface area is 185 Å². The van der Waals surface area contributed by atoms with E-state index in [-0.39, 0.29) is 0 Å². The molecule has 2 nitrogen and oxygen atoms in total. The predicted octanol–water partition coefficient (Wildman–Crippen LogP) is 7.13. The fourth-order valence-electron chi connectivity index (χ4n) is 4.41. The Balaban J connectivity index is 1.63. The molecular weight excluding hydrogens is 404 g/mol. The number of rotatable bonds is 3. The molecule has 0 unspecified atom stereocenters. The monoisotopic (exact) mass is 424 g/mol. The van der Waals surface area contributed by atoms with Gasteiger partial charge in [-0.15, -0.1) is 0 Å². The molecule has 2 aliphatic heterocycles. The minimum atomic E-state index is -0.428. The summed E-state index contributed by atoms with van der Waals surface area (Å²) in [5.74, 6) is 0. The van der Waals surface area contributed by atoms with Crippen molar-refractivity contribution in [1.82, 2.24) is 0 Å². The fourth-order valence-corrected chi connectivity index (χ4v) is 7.53. The minimum absolute atomic E-state index is 0.428. The van der Waals surface area contributed by atoms with Crippen LogP contribution in [0.2, 0.25) is 0 Å². The number of hydrogen-bond acceptors (Lipinski definition) is 4. The molecule has 2 atom stereocenters. The van der Waals surface area contributed by atoms with Crippen LogP contribution in [0, 0.1) is 0 Å². The third-order valence-corrected chi connectivity index (χ3v) is 8.96. The van der Waals surface area contributed by atoms with Crippen molar-refractivity contribution in [2.24, 2.45) is 0 Å². The van der Waals surface area contributed by atoms with Gasteiger partial charge in [-0.05, 0) is 35.4 Å². The number of anilines is 2. The van der Waals surface area contributed by atoms with Crippen molar-refractivity contribution in [3.8, 4) is 0 Å². The Bertz CT molecular complexity index is 1060. The van der Waals surface area contributed by atoms with Gasteiger partial charge in [0.1, 0.15) is 0 Å². The molecule has 4 aromatic rings. The number of thioether (sulfide) groups is 2. The summed E-state index contributed by atoms with van der Waals surface area (Å²) in [5.41, 5.74) is 4.87. The van der Waals surface area contributed by atoms with Crippen LogP contribution < -0.4 is 10.6 Å². The smallest absolute Gasteiger partial charge is 0.151 e. The van der Waals surface area contributed by atoms with Gasteiger partial charge in [-0.1, -0.05) is 108 Å². The first-order chi connectivity index (χ1) is 14.8. The second kappa shape index (κ2) is 6.86. The zero-order valence-corrected chi connectivity index (χ0v) is 17.8. The summed E-state index contributed by atoms with van der Waals surface area (Å²) in [5, 5.41) is 7.92. The number of para-hydroxylation sites is 2. The minimum Gasteiger partial charge on any atom is -0.363 e. The average molecular weight is 425 g/mol. The van der Waals surface area contributed by atoms with Crippen LogP contribution in [0.25, 0.3) is 0 Å². The average Bonchev–Trinajstić information content (AvgIpc) is 3.41. The van der Waals surface area contributed by atoms with Crippen molar-refractivity contribution in [3.63, 3.8) is 0 Å². The van der Waals surface area contributed by atoms with E-state index in [0.29, 0.717) is 0 Å². The van der Waals surface area contributed by atoms with Crippen LogP contribution >= 0.6 is 23.5 Å². The van der Waals surface area contributed by atoms with Crippen LogP contribution in [0.15, 0.2) is 119 Å². The zero-order chi connectivity index (χ0) is 20.0.